The molecule has 0 spiro atoms. The van der Waals surface area contributed by atoms with E-state index in [9.17, 15) is 55.0 Å². The van der Waals surface area contributed by atoms with Crippen molar-refractivity contribution in [3.63, 3.8) is 0 Å². The number of aliphatic carboxylic acids is 1. The molecule has 224 valence electrons. The van der Waals surface area contributed by atoms with Gasteiger partial charge in [-0.1, -0.05) is 0 Å². The number of aromatic carboxylic acids is 2. The Balaban J connectivity index is 2.26. The van der Waals surface area contributed by atoms with Crippen LogP contribution in [0.2, 0.25) is 0 Å². The number of nitro groups is 1. The second-order valence-electron chi connectivity index (χ2n) is 8.83. The van der Waals surface area contributed by atoms with Crippen LogP contribution >= 0.6 is 0 Å². The number of hydrogen-bond donors (Lipinski definition) is 5. The number of carbonyl (C=O) groups excluding carboxylic acids is 1. The molecule has 2 unspecified atom stereocenters. The molecule has 18 nitrogen and oxygen atoms in total. The van der Waals surface area contributed by atoms with Gasteiger partial charge in [-0.15, -0.1) is 0 Å². The van der Waals surface area contributed by atoms with Gasteiger partial charge >= 0.3 is 23.6 Å². The van der Waals surface area contributed by atoms with E-state index < -0.39 is 87.5 Å². The van der Waals surface area contributed by atoms with Crippen LogP contribution in [0.4, 0.5) is 0 Å². The van der Waals surface area contributed by atoms with Crippen LogP contribution in [0.25, 0.3) is 0 Å². The fraction of sp³-hybridized carbons (Fsp3) is 0.200. The second-order valence-corrected chi connectivity index (χ2v) is 8.83. The van der Waals surface area contributed by atoms with Crippen molar-refractivity contribution in [1.29, 1.82) is 5.26 Å². The molecule has 0 bridgehead atoms. The molecule has 0 saturated carbocycles. The fourth-order valence-corrected chi connectivity index (χ4v) is 3.72. The highest BCUT2D eigenvalue weighted by molar-refractivity contribution is 6.10. The van der Waals surface area contributed by atoms with E-state index in [1.807, 2.05) is 0 Å². The van der Waals surface area contributed by atoms with E-state index in [0.29, 0.717) is 5.01 Å². The molecular formula is C25H22N6O12. The third-order valence-electron chi connectivity index (χ3n) is 5.76. The normalized spacial score (nSPS) is 15.1. The lowest BCUT2D eigenvalue weighted by molar-refractivity contribution is -0.420. The molecule has 1 heterocycles. The number of hydrazine groups is 1. The van der Waals surface area contributed by atoms with Crippen molar-refractivity contribution in [1.82, 2.24) is 9.91 Å². The molecule has 3 rings (SSSR count). The molecule has 1 amide bonds. The first kappa shape index (κ1) is 31.5. The van der Waals surface area contributed by atoms with E-state index in [2.05, 4.69) is 4.99 Å². The maximum Gasteiger partial charge on any atom is 0.352 e. The maximum atomic E-state index is 12.6. The number of rotatable bonds is 11. The molecular weight excluding hydrogens is 576 g/mol. The molecule has 6 N–H and O–H groups in total. The van der Waals surface area contributed by atoms with Gasteiger partial charge in [0.05, 0.1) is 28.7 Å². The molecule has 0 aromatic heterocycles. The first-order chi connectivity index (χ1) is 20.2. The van der Waals surface area contributed by atoms with Crippen LogP contribution in [0.1, 0.15) is 36.6 Å². The van der Waals surface area contributed by atoms with Gasteiger partial charge in [-0.3, -0.25) is 19.7 Å². The third kappa shape index (κ3) is 6.64. The summed E-state index contributed by atoms with van der Waals surface area (Å²) in [5, 5.41) is 60.3. The summed E-state index contributed by atoms with van der Waals surface area (Å²) in [6.07, 6.45) is -1.99. The SMILES string of the molecule is CN(C)C(=O)c1cc(OC2=C([N+](=O)[O-])C(C(CO)C(=O)O)=NC(Oc3cc(C#N)ccc3C(=O)O)N2N)cc(C(=O)O)c1. The minimum atomic E-state index is -2.04. The first-order valence-corrected chi connectivity index (χ1v) is 11.8. The molecule has 2 aromatic rings. The zero-order valence-electron chi connectivity index (χ0n) is 22.2. The van der Waals surface area contributed by atoms with Crippen LogP contribution < -0.4 is 15.3 Å². The number of nitrogens with two attached hydrogens (primary N) is 1. The summed E-state index contributed by atoms with van der Waals surface area (Å²) in [7, 11) is 2.76. The van der Waals surface area contributed by atoms with Crippen molar-refractivity contribution in [2.75, 3.05) is 20.7 Å². The lowest BCUT2D eigenvalue weighted by Crippen LogP contribution is -2.51. The average molecular weight is 598 g/mol. The highest BCUT2D eigenvalue weighted by Crippen LogP contribution is 2.31. The van der Waals surface area contributed by atoms with E-state index in [1.165, 1.54) is 20.2 Å². The van der Waals surface area contributed by atoms with E-state index in [1.54, 1.807) is 6.07 Å². The Hall–Kier alpha value is -6.06. The van der Waals surface area contributed by atoms with Crippen LogP contribution in [0.3, 0.4) is 0 Å². The van der Waals surface area contributed by atoms with Crippen molar-refractivity contribution < 1.29 is 54.0 Å². The zero-order valence-corrected chi connectivity index (χ0v) is 22.2. The summed E-state index contributed by atoms with van der Waals surface area (Å²) in [4.78, 5) is 64.0. The predicted molar refractivity (Wildman–Crippen MR) is 140 cm³/mol. The number of carboxylic acids is 3. The van der Waals surface area contributed by atoms with Gasteiger partial charge in [0.2, 0.25) is 0 Å². The molecule has 2 atom stereocenters. The zero-order chi connectivity index (χ0) is 32.2. The minimum absolute atomic E-state index is 0.0658. The number of carboxylic acid groups (broad SMARTS) is 3. The van der Waals surface area contributed by atoms with Gasteiger partial charge in [0.15, 0.2) is 0 Å². The number of nitriles is 1. The molecule has 0 radical (unpaired) electrons. The van der Waals surface area contributed by atoms with E-state index in [4.69, 9.17) is 15.3 Å². The quantitative estimate of drug-likeness (QED) is 0.131. The third-order valence-corrected chi connectivity index (χ3v) is 5.76. The molecule has 2 aromatic carbocycles. The van der Waals surface area contributed by atoms with Crippen molar-refractivity contribution in [3.8, 4) is 17.6 Å². The molecule has 0 fully saturated rings. The number of hydrogen-bond acceptors (Lipinski definition) is 13. The van der Waals surface area contributed by atoms with Gasteiger partial charge in [0, 0.05) is 19.7 Å². The molecule has 43 heavy (non-hydrogen) atoms. The summed E-state index contributed by atoms with van der Waals surface area (Å²) in [6.45, 7) is -1.20. The Morgan fingerprint density at radius 3 is 2.30 bits per heavy atom. The summed E-state index contributed by atoms with van der Waals surface area (Å²) >= 11 is 0. The lowest BCUT2D eigenvalue weighted by Gasteiger charge is -2.32. The van der Waals surface area contributed by atoms with Gasteiger partial charge in [0.1, 0.15) is 28.7 Å². The van der Waals surface area contributed by atoms with Crippen LogP contribution in [0.5, 0.6) is 11.5 Å². The molecule has 0 saturated heterocycles. The number of aliphatic hydroxyl groups excluding tert-OH is 1. The topological polar surface area (TPSA) is 279 Å². The van der Waals surface area contributed by atoms with E-state index in [0.717, 1.165) is 35.2 Å². The van der Waals surface area contributed by atoms with Crippen LogP contribution in [-0.4, -0.2) is 91.8 Å². The molecule has 1 aliphatic rings. The van der Waals surface area contributed by atoms with Crippen molar-refractivity contribution in [2.45, 2.75) is 6.35 Å². The van der Waals surface area contributed by atoms with Crippen molar-refractivity contribution in [2.24, 2.45) is 16.8 Å². The molecule has 1 aliphatic heterocycles. The highest BCUT2D eigenvalue weighted by atomic mass is 16.6. The molecule has 18 heteroatoms. The number of ether oxygens (including phenoxy) is 2. The van der Waals surface area contributed by atoms with Gasteiger partial charge in [-0.05, 0) is 36.4 Å². The Morgan fingerprint density at radius 2 is 1.79 bits per heavy atom. The number of nitrogens with zero attached hydrogens (tertiary/aromatic N) is 5. The van der Waals surface area contributed by atoms with E-state index >= 15 is 0 Å². The number of carbonyl (C=O) groups is 4. The minimum Gasteiger partial charge on any atom is -0.481 e. The van der Waals surface area contributed by atoms with E-state index in [-0.39, 0.29) is 11.1 Å². The number of allylic oxidation sites excluding steroid dienone is 1. The first-order valence-electron chi connectivity index (χ1n) is 11.8. The van der Waals surface area contributed by atoms with Gasteiger partial charge in [-0.2, -0.15) is 5.26 Å². The van der Waals surface area contributed by atoms with Gasteiger partial charge in [0.25, 0.3) is 18.1 Å². The Kier molecular flexibility index (Phi) is 9.24. The van der Waals surface area contributed by atoms with Crippen molar-refractivity contribution in [3.05, 3.63) is 80.3 Å². The standard InChI is InChI=1S/C25H22N6O12/c1-29(2)20(33)12-6-13(22(34)35)8-14(7-12)42-21-19(31(40)41)18(16(10-32)24(38)39)28-25(30(21)27)43-17-5-11(9-26)3-4-15(17)23(36)37/h3-8,16,25,32H,10,27H2,1-2H3,(H,34,35)(H,36,37)(H,38,39). The number of amides is 1. The predicted octanol–water partition coefficient (Wildman–Crippen LogP) is 0.167. The molecule has 0 aliphatic carbocycles. The Labute approximate surface area is 240 Å². The number of benzene rings is 2. The summed E-state index contributed by atoms with van der Waals surface area (Å²) in [6, 6.07) is 7.90. The Morgan fingerprint density at radius 1 is 1.14 bits per heavy atom. The smallest absolute Gasteiger partial charge is 0.352 e. The van der Waals surface area contributed by atoms with Crippen molar-refractivity contribution >= 4 is 29.5 Å². The van der Waals surface area contributed by atoms with Crippen LogP contribution in [0, 0.1) is 27.4 Å². The number of aliphatic imine (C=N–C) groups is 1. The average Bonchev–Trinajstić information content (AvgIpc) is 2.94. The van der Waals surface area contributed by atoms with Gasteiger partial charge in [-0.25, -0.2) is 25.4 Å². The number of aliphatic hydroxyl groups is 1. The fourth-order valence-electron chi connectivity index (χ4n) is 3.72. The second kappa shape index (κ2) is 12.6. The van der Waals surface area contributed by atoms with Crippen LogP contribution in [-0.2, 0) is 4.79 Å². The highest BCUT2D eigenvalue weighted by Gasteiger charge is 2.45. The summed E-state index contributed by atoms with van der Waals surface area (Å²) in [5.74, 6) is -3.35. The van der Waals surface area contributed by atoms with Gasteiger partial charge < -0.3 is 34.8 Å². The summed E-state index contributed by atoms with van der Waals surface area (Å²) < 4.78 is 11.2. The lowest BCUT2D eigenvalue weighted by atomic mass is 10.0. The summed E-state index contributed by atoms with van der Waals surface area (Å²) in [5.41, 5.74) is -3.31. The maximum absolute atomic E-state index is 12.6. The largest absolute Gasteiger partial charge is 0.481 e. The monoisotopic (exact) mass is 598 g/mol. The Bertz CT molecular complexity index is 1630. The van der Waals surface area contributed by atoms with Crippen LogP contribution in [0.15, 0.2) is 53.0 Å².